The molecule has 2 unspecified atom stereocenters. The highest BCUT2D eigenvalue weighted by molar-refractivity contribution is 5.95. The minimum absolute atomic E-state index is 0.551. The fourth-order valence-corrected chi connectivity index (χ4v) is 5.99. The molecular weight excluding hydrogens is 358 g/mol. The third-order valence-electron chi connectivity index (χ3n) is 7.65. The van der Waals surface area contributed by atoms with Gasteiger partial charge in [0.1, 0.15) is 6.07 Å². The van der Waals surface area contributed by atoms with Gasteiger partial charge in [-0.1, -0.05) is 13.3 Å². The topological polar surface area (TPSA) is 55.2 Å². The number of nitrogens with one attached hydrogen (secondary N) is 1. The number of likely N-dealkylation sites (tertiary alicyclic amines) is 1. The second kappa shape index (κ2) is 7.59. The highest BCUT2D eigenvalue weighted by Gasteiger charge is 2.42. The Morgan fingerprint density at radius 1 is 1.24 bits per heavy atom. The zero-order valence-electron chi connectivity index (χ0n) is 17.4. The molecule has 0 saturated carbocycles. The van der Waals surface area contributed by atoms with Crippen molar-refractivity contribution in [3.8, 4) is 6.07 Å². The van der Waals surface area contributed by atoms with Crippen molar-refractivity contribution in [2.75, 3.05) is 50.7 Å². The van der Waals surface area contributed by atoms with Crippen LogP contribution in [0.3, 0.4) is 0 Å². The van der Waals surface area contributed by atoms with Gasteiger partial charge in [-0.25, -0.2) is 0 Å². The first-order chi connectivity index (χ1) is 14.2. The van der Waals surface area contributed by atoms with Gasteiger partial charge in [0.05, 0.1) is 11.1 Å². The number of benzene rings is 1. The van der Waals surface area contributed by atoms with Gasteiger partial charge in [-0.3, -0.25) is 4.98 Å². The number of hydrogen-bond acceptors (Lipinski definition) is 5. The van der Waals surface area contributed by atoms with Crippen molar-refractivity contribution in [2.24, 2.45) is 17.3 Å². The normalized spacial score (nSPS) is 29.9. The van der Waals surface area contributed by atoms with Crippen molar-refractivity contribution in [2.45, 2.75) is 26.2 Å². The molecule has 1 N–H and O–H groups in total. The van der Waals surface area contributed by atoms with Crippen LogP contribution in [0.2, 0.25) is 0 Å². The van der Waals surface area contributed by atoms with Gasteiger partial charge >= 0.3 is 0 Å². The van der Waals surface area contributed by atoms with Gasteiger partial charge < -0.3 is 15.1 Å². The van der Waals surface area contributed by atoms with Crippen LogP contribution >= 0.6 is 0 Å². The molecule has 5 rings (SSSR count). The Morgan fingerprint density at radius 2 is 2.14 bits per heavy atom. The Morgan fingerprint density at radius 3 is 2.93 bits per heavy atom. The van der Waals surface area contributed by atoms with Crippen LogP contribution in [0.15, 0.2) is 30.5 Å². The Hall–Kier alpha value is -2.16. The highest BCUT2D eigenvalue weighted by atomic mass is 15.2. The van der Waals surface area contributed by atoms with Crippen molar-refractivity contribution in [1.29, 1.82) is 5.26 Å². The molecule has 29 heavy (non-hydrogen) atoms. The van der Waals surface area contributed by atoms with E-state index in [1.54, 1.807) is 6.20 Å². The molecule has 1 aromatic heterocycles. The molecule has 3 saturated heterocycles. The lowest BCUT2D eigenvalue weighted by molar-refractivity contribution is 0.222. The third kappa shape index (κ3) is 3.39. The second-order valence-corrected chi connectivity index (χ2v) is 9.39. The summed E-state index contributed by atoms with van der Waals surface area (Å²) < 4.78 is 0. The first-order valence-corrected chi connectivity index (χ1v) is 11.2. The van der Waals surface area contributed by atoms with Crippen molar-refractivity contribution >= 4 is 16.6 Å². The second-order valence-electron chi connectivity index (χ2n) is 9.39. The molecular formula is C24H31N5. The summed E-state index contributed by atoms with van der Waals surface area (Å²) in [5.41, 5.74) is 3.29. The fourth-order valence-electron chi connectivity index (χ4n) is 5.99. The quantitative estimate of drug-likeness (QED) is 0.870. The maximum atomic E-state index is 9.45. The zero-order valence-corrected chi connectivity index (χ0v) is 17.4. The van der Waals surface area contributed by atoms with E-state index in [4.69, 9.17) is 0 Å². The number of aromatic nitrogens is 1. The van der Waals surface area contributed by atoms with Crippen LogP contribution in [0, 0.1) is 28.6 Å². The van der Waals surface area contributed by atoms with E-state index in [0.717, 1.165) is 29.9 Å². The van der Waals surface area contributed by atoms with Gasteiger partial charge in [0, 0.05) is 50.0 Å². The molecule has 5 nitrogen and oxygen atoms in total. The standard InChI is InChI=1S/C24H31N5/c1-2-18-14-29(22-6-5-19(12-25)23-21(22)4-3-9-27-23)15-20(18)13-28-11-8-24(17-28)7-10-26-16-24/h3-6,9,18,20,26H,2,7-8,10-11,13-17H2,1H3/t18-,20?,24?/m1/s1. The Balaban J connectivity index is 1.35. The molecule has 0 amide bonds. The fraction of sp³-hybridized carbons (Fsp3) is 0.583. The summed E-state index contributed by atoms with van der Waals surface area (Å²) >= 11 is 0. The molecule has 3 fully saturated rings. The maximum Gasteiger partial charge on any atom is 0.101 e. The minimum Gasteiger partial charge on any atom is -0.370 e. The predicted octanol–water partition coefficient (Wildman–Crippen LogP) is 3.25. The third-order valence-corrected chi connectivity index (χ3v) is 7.65. The summed E-state index contributed by atoms with van der Waals surface area (Å²) in [7, 11) is 0. The summed E-state index contributed by atoms with van der Waals surface area (Å²) in [6, 6.07) is 10.5. The number of rotatable bonds is 4. The molecule has 3 aliphatic rings. The van der Waals surface area contributed by atoms with Crippen LogP contribution in [0.4, 0.5) is 5.69 Å². The van der Waals surface area contributed by atoms with Gasteiger partial charge in [0.2, 0.25) is 0 Å². The van der Waals surface area contributed by atoms with Crippen LogP contribution < -0.4 is 10.2 Å². The monoisotopic (exact) mass is 389 g/mol. The van der Waals surface area contributed by atoms with Crippen LogP contribution in [-0.4, -0.2) is 55.7 Å². The van der Waals surface area contributed by atoms with E-state index in [9.17, 15) is 5.26 Å². The molecule has 4 heterocycles. The van der Waals surface area contributed by atoms with Crippen molar-refractivity contribution in [3.63, 3.8) is 0 Å². The molecule has 1 spiro atoms. The average molecular weight is 390 g/mol. The maximum absolute atomic E-state index is 9.45. The van der Waals surface area contributed by atoms with Gasteiger partial charge in [-0.15, -0.1) is 0 Å². The summed E-state index contributed by atoms with van der Waals surface area (Å²) in [6.07, 6.45) is 5.73. The smallest absolute Gasteiger partial charge is 0.101 e. The van der Waals surface area contributed by atoms with Crippen molar-refractivity contribution in [3.05, 3.63) is 36.0 Å². The lowest BCUT2D eigenvalue weighted by Gasteiger charge is -2.26. The lowest BCUT2D eigenvalue weighted by Crippen LogP contribution is -2.34. The molecule has 3 aliphatic heterocycles. The van der Waals surface area contributed by atoms with Crippen molar-refractivity contribution < 1.29 is 0 Å². The number of nitrogens with zero attached hydrogens (tertiary/aromatic N) is 4. The molecule has 1 aromatic carbocycles. The summed E-state index contributed by atoms with van der Waals surface area (Å²) in [5.74, 6) is 1.45. The zero-order chi connectivity index (χ0) is 19.8. The van der Waals surface area contributed by atoms with E-state index in [1.165, 1.54) is 57.7 Å². The van der Waals surface area contributed by atoms with E-state index in [1.807, 2.05) is 12.1 Å². The average Bonchev–Trinajstić information content (AvgIpc) is 3.48. The Labute approximate surface area is 173 Å². The Bertz CT molecular complexity index is 927. The van der Waals surface area contributed by atoms with Crippen LogP contribution in [0.5, 0.6) is 0 Å². The SMILES string of the molecule is CC[C@@H]1CN(c2ccc(C#N)c3ncccc23)CC1CN1CCC2(CCNC2)C1. The van der Waals surface area contributed by atoms with E-state index in [2.05, 4.69) is 45.2 Å². The van der Waals surface area contributed by atoms with Crippen LogP contribution in [0.1, 0.15) is 31.7 Å². The van der Waals surface area contributed by atoms with E-state index in [-0.39, 0.29) is 0 Å². The molecule has 0 bridgehead atoms. The van der Waals surface area contributed by atoms with Gasteiger partial charge in [0.25, 0.3) is 0 Å². The summed E-state index contributed by atoms with van der Waals surface area (Å²) in [5, 5.41) is 14.1. The number of nitriles is 1. The van der Waals surface area contributed by atoms with Crippen LogP contribution in [0.25, 0.3) is 10.9 Å². The van der Waals surface area contributed by atoms with E-state index >= 15 is 0 Å². The minimum atomic E-state index is 0.551. The number of pyridine rings is 1. The molecule has 5 heteroatoms. The number of fused-ring (bicyclic) bond motifs is 1. The molecule has 152 valence electrons. The molecule has 2 aromatic rings. The number of anilines is 1. The molecule has 0 aliphatic carbocycles. The number of hydrogen-bond donors (Lipinski definition) is 1. The van der Waals surface area contributed by atoms with E-state index in [0.29, 0.717) is 16.9 Å². The molecule has 3 atom stereocenters. The lowest BCUT2D eigenvalue weighted by atomic mass is 9.86. The van der Waals surface area contributed by atoms with E-state index < -0.39 is 0 Å². The summed E-state index contributed by atoms with van der Waals surface area (Å²) in [4.78, 5) is 9.79. The van der Waals surface area contributed by atoms with Crippen molar-refractivity contribution in [1.82, 2.24) is 15.2 Å². The largest absolute Gasteiger partial charge is 0.370 e. The van der Waals surface area contributed by atoms with Crippen LogP contribution in [-0.2, 0) is 0 Å². The first kappa shape index (κ1) is 18.8. The summed E-state index contributed by atoms with van der Waals surface area (Å²) in [6.45, 7) is 10.7. The Kier molecular flexibility index (Phi) is 4.93. The van der Waals surface area contributed by atoms with Gasteiger partial charge in [-0.05, 0) is 67.4 Å². The van der Waals surface area contributed by atoms with Gasteiger partial charge in [0.15, 0.2) is 0 Å². The predicted molar refractivity (Wildman–Crippen MR) is 117 cm³/mol. The van der Waals surface area contributed by atoms with Gasteiger partial charge in [-0.2, -0.15) is 5.26 Å². The molecule has 0 radical (unpaired) electrons. The highest BCUT2D eigenvalue weighted by Crippen LogP contribution is 2.39. The first-order valence-electron chi connectivity index (χ1n) is 11.2.